The lowest BCUT2D eigenvalue weighted by molar-refractivity contribution is 0.533. The van der Waals surface area contributed by atoms with Crippen molar-refractivity contribution in [1.29, 1.82) is 0 Å². The minimum Gasteiger partial charge on any atom is -0.338 e. The predicted molar refractivity (Wildman–Crippen MR) is 83.5 cm³/mol. The third-order valence-corrected chi connectivity index (χ3v) is 3.76. The summed E-state index contributed by atoms with van der Waals surface area (Å²) < 4.78 is 2.01. The summed E-state index contributed by atoms with van der Waals surface area (Å²) >= 11 is 0. The van der Waals surface area contributed by atoms with Crippen LogP contribution in [0.1, 0.15) is 23.1 Å². The number of hydrogen-bond donors (Lipinski definition) is 2. The van der Waals surface area contributed by atoms with E-state index in [0.29, 0.717) is 0 Å². The molecule has 0 bridgehead atoms. The van der Waals surface area contributed by atoms with Gasteiger partial charge in [0.15, 0.2) is 0 Å². The van der Waals surface area contributed by atoms with Crippen LogP contribution in [0.25, 0.3) is 10.9 Å². The fourth-order valence-electron chi connectivity index (χ4n) is 2.66. The second kappa shape index (κ2) is 5.63. The molecule has 0 amide bonds. The predicted octanol–water partition coefficient (Wildman–Crippen LogP) is 2.02. The maximum absolute atomic E-state index is 5.81. The molecular weight excluding hydrogens is 262 g/mol. The maximum Gasteiger partial charge on any atom is 0.110 e. The largest absolute Gasteiger partial charge is 0.338 e. The number of hydrogen-bond acceptors (Lipinski definition) is 4. The summed E-state index contributed by atoms with van der Waals surface area (Å²) in [4.78, 5) is 8.96. The topological polar surface area (TPSA) is 68.8 Å². The number of rotatable bonds is 4. The van der Waals surface area contributed by atoms with Crippen molar-refractivity contribution < 1.29 is 0 Å². The Balaban J connectivity index is 2.06. The van der Waals surface area contributed by atoms with Crippen LogP contribution in [-0.4, -0.2) is 14.5 Å². The van der Waals surface area contributed by atoms with Crippen molar-refractivity contribution in [3.8, 4) is 0 Å². The summed E-state index contributed by atoms with van der Waals surface area (Å²) in [6.45, 7) is 2.00. The standard InChI is InChI=1S/C16H19N5/c1-11-9-13(12-5-3-4-6-14(12)19-11)15(20-17)10-16-18-7-8-21(16)2/h3-9,15,20H,10,17H2,1-2H3. The first-order chi connectivity index (χ1) is 10.2. The molecule has 21 heavy (non-hydrogen) atoms. The zero-order valence-corrected chi connectivity index (χ0v) is 12.2. The molecule has 5 nitrogen and oxygen atoms in total. The smallest absolute Gasteiger partial charge is 0.110 e. The Hall–Kier alpha value is -2.24. The summed E-state index contributed by atoms with van der Waals surface area (Å²) in [6.07, 6.45) is 4.48. The van der Waals surface area contributed by atoms with Crippen LogP contribution in [0.15, 0.2) is 42.7 Å². The molecule has 2 aromatic heterocycles. The molecule has 0 spiro atoms. The van der Waals surface area contributed by atoms with Gasteiger partial charge < -0.3 is 4.57 Å². The van der Waals surface area contributed by atoms with Crippen molar-refractivity contribution >= 4 is 10.9 Å². The van der Waals surface area contributed by atoms with E-state index in [1.54, 1.807) is 6.20 Å². The van der Waals surface area contributed by atoms with Crippen molar-refractivity contribution in [1.82, 2.24) is 20.0 Å². The lowest BCUT2D eigenvalue weighted by Crippen LogP contribution is -2.30. The van der Waals surface area contributed by atoms with Crippen molar-refractivity contribution in [3.05, 3.63) is 59.8 Å². The number of nitrogens with zero attached hydrogens (tertiary/aromatic N) is 3. The van der Waals surface area contributed by atoms with Gasteiger partial charge in [0.25, 0.3) is 0 Å². The van der Waals surface area contributed by atoms with Crippen molar-refractivity contribution in [3.63, 3.8) is 0 Å². The highest BCUT2D eigenvalue weighted by atomic mass is 15.2. The van der Waals surface area contributed by atoms with Gasteiger partial charge >= 0.3 is 0 Å². The van der Waals surface area contributed by atoms with Gasteiger partial charge in [-0.25, -0.2) is 4.98 Å². The number of imidazole rings is 1. The number of pyridine rings is 1. The van der Waals surface area contributed by atoms with Gasteiger partial charge in [-0.3, -0.25) is 16.3 Å². The fourth-order valence-corrected chi connectivity index (χ4v) is 2.66. The van der Waals surface area contributed by atoms with Crippen LogP contribution < -0.4 is 11.3 Å². The van der Waals surface area contributed by atoms with E-state index in [1.807, 2.05) is 42.9 Å². The van der Waals surface area contributed by atoms with E-state index in [1.165, 1.54) is 0 Å². The van der Waals surface area contributed by atoms with Gasteiger partial charge in [-0.1, -0.05) is 18.2 Å². The number of nitrogens with two attached hydrogens (primary N) is 1. The molecule has 3 N–H and O–H groups in total. The summed E-state index contributed by atoms with van der Waals surface area (Å²) in [7, 11) is 1.99. The minimum atomic E-state index is -0.00213. The molecule has 1 atom stereocenters. The van der Waals surface area contributed by atoms with Gasteiger partial charge in [0.1, 0.15) is 5.82 Å². The highest BCUT2D eigenvalue weighted by Crippen LogP contribution is 2.25. The molecule has 0 radical (unpaired) electrons. The van der Waals surface area contributed by atoms with Crippen LogP contribution >= 0.6 is 0 Å². The summed E-state index contributed by atoms with van der Waals surface area (Å²) in [5.74, 6) is 6.80. The lowest BCUT2D eigenvalue weighted by atomic mass is 9.98. The van der Waals surface area contributed by atoms with Crippen LogP contribution in [0.5, 0.6) is 0 Å². The highest BCUT2D eigenvalue weighted by molar-refractivity contribution is 5.82. The molecular formula is C16H19N5. The number of benzene rings is 1. The normalized spacial score (nSPS) is 12.7. The van der Waals surface area contributed by atoms with E-state index in [2.05, 4.69) is 27.5 Å². The highest BCUT2D eigenvalue weighted by Gasteiger charge is 2.16. The van der Waals surface area contributed by atoms with Crippen LogP contribution in [0.3, 0.4) is 0 Å². The van der Waals surface area contributed by atoms with Gasteiger partial charge in [0.05, 0.1) is 11.6 Å². The van der Waals surface area contributed by atoms with Gasteiger partial charge in [0, 0.05) is 36.9 Å². The zero-order valence-electron chi connectivity index (χ0n) is 12.2. The maximum atomic E-state index is 5.81. The molecule has 2 heterocycles. The number of para-hydroxylation sites is 1. The van der Waals surface area contributed by atoms with Gasteiger partial charge in [-0.15, -0.1) is 0 Å². The van der Waals surface area contributed by atoms with Gasteiger partial charge in [-0.2, -0.15) is 0 Å². The van der Waals surface area contributed by atoms with E-state index >= 15 is 0 Å². The van der Waals surface area contributed by atoms with E-state index in [-0.39, 0.29) is 6.04 Å². The average Bonchev–Trinajstić information content (AvgIpc) is 2.89. The number of fused-ring (bicyclic) bond motifs is 1. The summed E-state index contributed by atoms with van der Waals surface area (Å²) in [5.41, 5.74) is 6.06. The quantitative estimate of drug-likeness (QED) is 0.567. The molecule has 1 unspecified atom stereocenters. The number of hydrazine groups is 1. The number of aromatic nitrogens is 3. The van der Waals surface area contributed by atoms with Gasteiger partial charge in [0.2, 0.25) is 0 Å². The fraction of sp³-hybridized carbons (Fsp3) is 0.250. The number of aryl methyl sites for hydroxylation is 2. The Morgan fingerprint density at radius 2 is 2.14 bits per heavy atom. The monoisotopic (exact) mass is 281 g/mol. The van der Waals surface area contributed by atoms with Crippen molar-refractivity contribution in [2.24, 2.45) is 12.9 Å². The third-order valence-electron chi connectivity index (χ3n) is 3.76. The van der Waals surface area contributed by atoms with Gasteiger partial charge in [-0.05, 0) is 24.6 Å². The Morgan fingerprint density at radius 3 is 2.86 bits per heavy atom. The van der Waals surface area contributed by atoms with Crippen LogP contribution in [-0.2, 0) is 13.5 Å². The van der Waals surface area contributed by atoms with Crippen molar-refractivity contribution in [2.45, 2.75) is 19.4 Å². The van der Waals surface area contributed by atoms with Crippen LogP contribution in [0.4, 0.5) is 0 Å². The molecule has 0 fully saturated rings. The Morgan fingerprint density at radius 1 is 1.33 bits per heavy atom. The average molecular weight is 281 g/mol. The molecule has 3 aromatic rings. The van der Waals surface area contributed by atoms with Crippen LogP contribution in [0.2, 0.25) is 0 Å². The first kappa shape index (κ1) is 13.7. The van der Waals surface area contributed by atoms with E-state index < -0.39 is 0 Å². The zero-order chi connectivity index (χ0) is 14.8. The first-order valence-electron chi connectivity index (χ1n) is 6.97. The van der Waals surface area contributed by atoms with E-state index in [9.17, 15) is 0 Å². The summed E-state index contributed by atoms with van der Waals surface area (Å²) in [6, 6.07) is 10.2. The molecule has 5 heteroatoms. The minimum absolute atomic E-state index is 0.00213. The Bertz CT molecular complexity index is 762. The Kier molecular flexibility index (Phi) is 3.68. The molecule has 0 saturated carbocycles. The molecule has 108 valence electrons. The lowest BCUT2D eigenvalue weighted by Gasteiger charge is -2.18. The molecule has 0 aliphatic rings. The van der Waals surface area contributed by atoms with Crippen LogP contribution in [0, 0.1) is 6.92 Å². The second-order valence-corrected chi connectivity index (χ2v) is 5.25. The molecule has 0 aliphatic heterocycles. The first-order valence-corrected chi connectivity index (χ1v) is 6.97. The Labute approximate surface area is 123 Å². The molecule has 3 rings (SSSR count). The summed E-state index contributed by atoms with van der Waals surface area (Å²) in [5, 5.41) is 1.13. The molecule has 1 aromatic carbocycles. The SMILES string of the molecule is Cc1cc(C(Cc2nccn2C)NN)c2ccccc2n1. The molecule has 0 saturated heterocycles. The van der Waals surface area contributed by atoms with Crippen molar-refractivity contribution in [2.75, 3.05) is 0 Å². The number of nitrogens with one attached hydrogen (secondary N) is 1. The third kappa shape index (κ3) is 2.66. The molecule has 0 aliphatic carbocycles. The second-order valence-electron chi connectivity index (χ2n) is 5.25. The van der Waals surface area contributed by atoms with E-state index in [4.69, 9.17) is 5.84 Å². The van der Waals surface area contributed by atoms with E-state index in [0.717, 1.165) is 34.4 Å².